The molecule has 2 fully saturated rings. The molecule has 2 bridgehead atoms. The van der Waals surface area contributed by atoms with Crippen LogP contribution in [0.5, 0.6) is 11.5 Å². The molecule has 0 radical (unpaired) electrons. The van der Waals surface area contributed by atoms with Gasteiger partial charge >= 0.3 is 0 Å². The second kappa shape index (κ2) is 8.92. The molecule has 5 rings (SSSR count). The van der Waals surface area contributed by atoms with Crippen LogP contribution >= 0.6 is 23.2 Å². The average molecular weight is 503 g/mol. The number of piperidine rings is 1. The van der Waals surface area contributed by atoms with Gasteiger partial charge in [0.1, 0.15) is 18.2 Å². The van der Waals surface area contributed by atoms with Crippen LogP contribution in [0.1, 0.15) is 12.8 Å². The first kappa shape index (κ1) is 22.7. The Hall–Kier alpha value is -3.10. The molecule has 1 saturated carbocycles. The molecule has 1 N–H and O–H groups in total. The number of halogens is 3. The SMILES string of the molecule is C=CC(=O)N1CC2C[C@H]1C[C@H]2Oc1cc2c(Nc3ccc(Cl)c(Cl)c3F)ncnc2cc1OC. The summed E-state index contributed by atoms with van der Waals surface area (Å²) in [5.41, 5.74) is 0.727. The summed E-state index contributed by atoms with van der Waals surface area (Å²) in [6, 6.07) is 6.68. The van der Waals surface area contributed by atoms with Crippen molar-refractivity contribution >= 4 is 51.5 Å². The van der Waals surface area contributed by atoms with E-state index in [2.05, 4.69) is 21.9 Å². The predicted molar refractivity (Wildman–Crippen MR) is 129 cm³/mol. The number of likely N-dealkylation sites (tertiary alicyclic amines) is 1. The normalized spacial score (nSPS) is 21.1. The van der Waals surface area contributed by atoms with Gasteiger partial charge in [0.2, 0.25) is 5.91 Å². The maximum Gasteiger partial charge on any atom is 0.246 e. The first-order valence-electron chi connectivity index (χ1n) is 10.7. The highest BCUT2D eigenvalue weighted by Crippen LogP contribution is 2.43. The van der Waals surface area contributed by atoms with Crippen molar-refractivity contribution in [1.29, 1.82) is 0 Å². The molecule has 2 heterocycles. The molecule has 3 atom stereocenters. The Morgan fingerprint density at radius 1 is 1.26 bits per heavy atom. The minimum absolute atomic E-state index is 0.0448. The Bertz CT molecular complexity index is 1300. The zero-order valence-corrected chi connectivity index (χ0v) is 19.7. The zero-order valence-electron chi connectivity index (χ0n) is 18.2. The number of carbonyl (C=O) groups excluding carboxylic acids is 1. The van der Waals surface area contributed by atoms with E-state index in [1.807, 2.05) is 4.90 Å². The summed E-state index contributed by atoms with van der Waals surface area (Å²) in [6.45, 7) is 4.23. The van der Waals surface area contributed by atoms with Crippen LogP contribution in [0.25, 0.3) is 10.9 Å². The highest BCUT2D eigenvalue weighted by atomic mass is 35.5. The van der Waals surface area contributed by atoms with E-state index in [4.69, 9.17) is 32.7 Å². The van der Waals surface area contributed by atoms with Crippen LogP contribution in [0.15, 0.2) is 43.2 Å². The number of anilines is 2. The maximum absolute atomic E-state index is 14.6. The fraction of sp³-hybridized carbons (Fsp3) is 0.292. The molecule has 2 aliphatic rings. The first-order chi connectivity index (χ1) is 16.4. The lowest BCUT2D eigenvalue weighted by Crippen LogP contribution is -2.42. The van der Waals surface area contributed by atoms with Crippen molar-refractivity contribution in [2.24, 2.45) is 5.92 Å². The highest BCUT2D eigenvalue weighted by Gasteiger charge is 2.47. The molecular weight excluding hydrogens is 482 g/mol. The molecule has 1 aromatic heterocycles. The third-order valence-corrected chi connectivity index (χ3v) is 7.20. The Morgan fingerprint density at radius 2 is 2.09 bits per heavy atom. The Morgan fingerprint density at radius 3 is 2.79 bits per heavy atom. The molecule has 1 aliphatic heterocycles. The van der Waals surface area contributed by atoms with Gasteiger partial charge in [-0.15, -0.1) is 0 Å². The van der Waals surface area contributed by atoms with Crippen molar-refractivity contribution in [3.8, 4) is 11.5 Å². The van der Waals surface area contributed by atoms with Crippen LogP contribution in [0.2, 0.25) is 10.0 Å². The summed E-state index contributed by atoms with van der Waals surface area (Å²) in [5.74, 6) is 0.944. The minimum atomic E-state index is -0.675. The minimum Gasteiger partial charge on any atom is -0.493 e. The number of amides is 1. The van der Waals surface area contributed by atoms with Crippen LogP contribution in [0, 0.1) is 11.7 Å². The number of fused-ring (bicyclic) bond motifs is 3. The van der Waals surface area contributed by atoms with E-state index in [1.54, 1.807) is 19.2 Å². The summed E-state index contributed by atoms with van der Waals surface area (Å²) in [7, 11) is 1.56. The molecule has 1 aliphatic carbocycles. The van der Waals surface area contributed by atoms with Gasteiger partial charge in [-0.05, 0) is 30.7 Å². The largest absolute Gasteiger partial charge is 0.493 e. The second-order valence-electron chi connectivity index (χ2n) is 8.33. The van der Waals surface area contributed by atoms with E-state index in [0.717, 1.165) is 12.8 Å². The number of methoxy groups -OCH3 is 1. The molecule has 1 saturated heterocycles. The highest BCUT2D eigenvalue weighted by molar-refractivity contribution is 6.42. The van der Waals surface area contributed by atoms with E-state index >= 15 is 0 Å². The molecule has 0 spiro atoms. The van der Waals surface area contributed by atoms with Crippen LogP contribution in [0.4, 0.5) is 15.9 Å². The molecule has 2 aromatic carbocycles. The third kappa shape index (κ3) is 3.91. The smallest absolute Gasteiger partial charge is 0.246 e. The van der Waals surface area contributed by atoms with Gasteiger partial charge in [-0.25, -0.2) is 14.4 Å². The Labute approximate surface area is 205 Å². The summed E-state index contributed by atoms with van der Waals surface area (Å²) in [4.78, 5) is 22.5. The van der Waals surface area contributed by atoms with E-state index in [-0.39, 0.29) is 39.7 Å². The second-order valence-corrected chi connectivity index (χ2v) is 9.11. The van der Waals surface area contributed by atoms with Crippen molar-refractivity contribution in [3.63, 3.8) is 0 Å². The molecular formula is C24H21Cl2FN4O3. The van der Waals surface area contributed by atoms with E-state index in [9.17, 15) is 9.18 Å². The van der Waals surface area contributed by atoms with Crippen molar-refractivity contribution in [1.82, 2.24) is 14.9 Å². The van der Waals surface area contributed by atoms with Gasteiger partial charge in [-0.2, -0.15) is 0 Å². The topological polar surface area (TPSA) is 76.6 Å². The molecule has 7 nitrogen and oxygen atoms in total. The van der Waals surface area contributed by atoms with Crippen LogP contribution < -0.4 is 14.8 Å². The van der Waals surface area contributed by atoms with Gasteiger partial charge in [-0.1, -0.05) is 29.8 Å². The first-order valence-corrected chi connectivity index (χ1v) is 11.5. The molecule has 1 unspecified atom stereocenters. The number of hydrogen-bond acceptors (Lipinski definition) is 6. The molecule has 3 aromatic rings. The van der Waals surface area contributed by atoms with Gasteiger partial charge in [0, 0.05) is 36.4 Å². The number of nitrogens with zero attached hydrogens (tertiary/aromatic N) is 3. The standard InChI is InChI=1S/C24H21Cl2FN4O3/c1-3-21(32)31-10-12-6-13(31)7-18(12)34-20-8-14-17(9-19(20)33-2)28-11-29-24(14)30-16-5-4-15(25)22(26)23(16)27/h3-5,8-9,11-13,18H,1,6-7,10H2,2H3,(H,28,29,30)/t12?,13-,18+/m0/s1. The zero-order chi connectivity index (χ0) is 24.0. The lowest BCUT2D eigenvalue weighted by atomic mass is 10.1. The number of ether oxygens (including phenoxy) is 2. The van der Waals surface area contributed by atoms with Gasteiger partial charge in [0.05, 0.1) is 28.4 Å². The van der Waals surface area contributed by atoms with Crippen LogP contribution in [0.3, 0.4) is 0 Å². The third-order valence-electron chi connectivity index (χ3n) is 6.42. The summed E-state index contributed by atoms with van der Waals surface area (Å²) in [6.07, 6.45) is 4.30. The molecule has 176 valence electrons. The molecule has 1 amide bonds. The van der Waals surface area contributed by atoms with E-state index in [0.29, 0.717) is 34.8 Å². The maximum atomic E-state index is 14.6. The number of rotatable bonds is 6. The van der Waals surface area contributed by atoms with Gasteiger partial charge in [0.15, 0.2) is 17.3 Å². The van der Waals surface area contributed by atoms with E-state index in [1.165, 1.54) is 24.5 Å². The average Bonchev–Trinajstić information content (AvgIpc) is 3.44. The van der Waals surface area contributed by atoms with Gasteiger partial charge in [-0.3, -0.25) is 4.79 Å². The molecule has 34 heavy (non-hydrogen) atoms. The summed E-state index contributed by atoms with van der Waals surface area (Å²) in [5, 5.41) is 3.55. The number of aromatic nitrogens is 2. The lowest BCUT2D eigenvalue weighted by Gasteiger charge is -2.31. The number of nitrogens with one attached hydrogen (secondary N) is 1. The van der Waals surface area contributed by atoms with Crippen LogP contribution in [-0.2, 0) is 4.79 Å². The summed E-state index contributed by atoms with van der Waals surface area (Å²) < 4.78 is 26.5. The number of hydrogen-bond donors (Lipinski definition) is 1. The Kier molecular flexibility index (Phi) is 5.95. The fourth-order valence-corrected chi connectivity index (χ4v) is 5.08. The van der Waals surface area contributed by atoms with Gasteiger partial charge < -0.3 is 19.7 Å². The monoisotopic (exact) mass is 502 g/mol. The number of benzene rings is 2. The quantitative estimate of drug-likeness (QED) is 0.360. The van der Waals surface area contributed by atoms with Crippen molar-refractivity contribution in [2.45, 2.75) is 25.0 Å². The predicted octanol–water partition coefficient (Wildman–Crippen LogP) is 5.38. The van der Waals surface area contributed by atoms with Crippen LogP contribution in [-0.4, -0.2) is 46.6 Å². The molecule has 10 heteroatoms. The fourth-order valence-electron chi connectivity index (χ4n) is 4.77. The van der Waals surface area contributed by atoms with E-state index < -0.39 is 5.82 Å². The summed E-state index contributed by atoms with van der Waals surface area (Å²) >= 11 is 11.8. The van der Waals surface area contributed by atoms with Crippen molar-refractivity contribution in [3.05, 3.63) is 59.1 Å². The van der Waals surface area contributed by atoms with Gasteiger partial charge in [0.25, 0.3) is 0 Å². The lowest BCUT2D eigenvalue weighted by molar-refractivity contribution is -0.128. The number of carbonyl (C=O) groups is 1. The van der Waals surface area contributed by atoms with Crippen molar-refractivity contribution < 1.29 is 18.7 Å². The Balaban J connectivity index is 1.45. The van der Waals surface area contributed by atoms with Crippen molar-refractivity contribution in [2.75, 3.05) is 19.0 Å².